The average Bonchev–Trinajstić information content (AvgIpc) is 2.73. The van der Waals surface area contributed by atoms with E-state index in [1.165, 1.54) is 18.3 Å². The van der Waals surface area contributed by atoms with E-state index in [9.17, 15) is 9.59 Å². The molecule has 0 bridgehead atoms. The molecule has 6 N–H and O–H groups in total. The molecule has 0 spiro atoms. The van der Waals surface area contributed by atoms with Gasteiger partial charge in [0.15, 0.2) is 5.84 Å². The van der Waals surface area contributed by atoms with Crippen LogP contribution in [0.3, 0.4) is 0 Å². The van der Waals surface area contributed by atoms with E-state index in [0.29, 0.717) is 10.4 Å². The number of rotatable bonds is 4. The van der Waals surface area contributed by atoms with Gasteiger partial charge in [-0.25, -0.2) is 4.79 Å². The minimum Gasteiger partial charge on any atom is -0.380 e. The summed E-state index contributed by atoms with van der Waals surface area (Å²) in [5.74, 6) is -1.18. The average molecular weight is 293 g/mol. The monoisotopic (exact) mass is 292 g/mol. The molecular formula is C9H13ClN4O3S. The molecule has 1 rings (SSSR count). The summed E-state index contributed by atoms with van der Waals surface area (Å²) in [7, 11) is 0. The molecule has 0 aliphatic heterocycles. The molecule has 100 valence electrons. The van der Waals surface area contributed by atoms with Crippen molar-refractivity contribution in [2.45, 2.75) is 13.0 Å². The number of amidine groups is 1. The van der Waals surface area contributed by atoms with Crippen LogP contribution in [0.4, 0.5) is 0 Å². The number of primary amides is 1. The Morgan fingerprint density at radius 2 is 2.06 bits per heavy atom. The molecular weight excluding hydrogens is 280 g/mol. The van der Waals surface area contributed by atoms with Gasteiger partial charge in [0.2, 0.25) is 5.91 Å². The molecule has 7 nitrogen and oxygen atoms in total. The van der Waals surface area contributed by atoms with Crippen molar-refractivity contribution < 1.29 is 14.4 Å². The fourth-order valence-electron chi connectivity index (χ4n) is 0.957. The highest BCUT2D eigenvalue weighted by atomic mass is 35.5. The predicted octanol–water partition coefficient (Wildman–Crippen LogP) is -0.162. The second-order valence-electron chi connectivity index (χ2n) is 3.18. The molecule has 0 aliphatic carbocycles. The van der Waals surface area contributed by atoms with E-state index in [1.54, 1.807) is 11.4 Å². The predicted molar refractivity (Wildman–Crippen MR) is 70.2 cm³/mol. The molecule has 9 heteroatoms. The minimum absolute atomic E-state index is 0. The van der Waals surface area contributed by atoms with Gasteiger partial charge >= 0.3 is 5.97 Å². The topological polar surface area (TPSA) is 134 Å². The van der Waals surface area contributed by atoms with Gasteiger partial charge in [0, 0.05) is 22.7 Å². The number of oxime groups is 1. The van der Waals surface area contributed by atoms with Crippen LogP contribution in [0, 0.1) is 0 Å². The molecule has 1 aromatic rings. The molecule has 1 heterocycles. The van der Waals surface area contributed by atoms with Crippen LogP contribution < -0.4 is 17.2 Å². The first-order chi connectivity index (χ1) is 7.91. The summed E-state index contributed by atoms with van der Waals surface area (Å²) >= 11 is 1.22. The van der Waals surface area contributed by atoms with Crippen molar-refractivity contribution in [1.29, 1.82) is 0 Å². The Bertz CT molecular complexity index is 474. The Morgan fingerprint density at radius 3 is 2.56 bits per heavy atom. The van der Waals surface area contributed by atoms with Gasteiger partial charge in [0.05, 0.1) is 0 Å². The van der Waals surface area contributed by atoms with Gasteiger partial charge in [-0.15, -0.1) is 23.7 Å². The first-order valence-electron chi connectivity index (χ1n) is 4.56. The van der Waals surface area contributed by atoms with Crippen LogP contribution in [-0.4, -0.2) is 17.7 Å². The first kappa shape index (κ1) is 16.4. The number of nitrogens with two attached hydrogens (primary N) is 3. The third-order valence-electron chi connectivity index (χ3n) is 1.80. The SMILES string of the molecule is CC(=O)O/N=C(\N)c1csc(C(N)C(N)=O)c1.Cl. The number of amides is 1. The van der Waals surface area contributed by atoms with E-state index in [-0.39, 0.29) is 18.2 Å². The molecule has 18 heavy (non-hydrogen) atoms. The van der Waals surface area contributed by atoms with E-state index >= 15 is 0 Å². The zero-order valence-electron chi connectivity index (χ0n) is 9.45. The summed E-state index contributed by atoms with van der Waals surface area (Å²) in [6.45, 7) is 1.21. The second kappa shape index (κ2) is 6.94. The molecule has 1 aromatic heterocycles. The summed E-state index contributed by atoms with van der Waals surface area (Å²) in [6.07, 6.45) is 0. The van der Waals surface area contributed by atoms with Crippen molar-refractivity contribution in [3.8, 4) is 0 Å². The maximum Gasteiger partial charge on any atom is 0.332 e. The maximum atomic E-state index is 10.9. The number of thiophene rings is 1. The minimum atomic E-state index is -0.879. The van der Waals surface area contributed by atoms with Crippen molar-refractivity contribution in [1.82, 2.24) is 0 Å². The Labute approximate surface area is 113 Å². The Morgan fingerprint density at radius 1 is 1.44 bits per heavy atom. The van der Waals surface area contributed by atoms with Crippen molar-refractivity contribution in [2.75, 3.05) is 0 Å². The van der Waals surface area contributed by atoms with Crippen LogP contribution in [0.15, 0.2) is 16.6 Å². The lowest BCUT2D eigenvalue weighted by atomic mass is 10.2. The Hall–Kier alpha value is -1.64. The van der Waals surface area contributed by atoms with Crippen molar-refractivity contribution >= 4 is 41.5 Å². The summed E-state index contributed by atoms with van der Waals surface area (Å²) in [5, 5.41) is 5.05. The molecule has 0 aliphatic rings. The molecule has 0 saturated carbocycles. The van der Waals surface area contributed by atoms with Gasteiger partial charge < -0.3 is 22.0 Å². The molecule has 1 amide bonds. The van der Waals surface area contributed by atoms with E-state index in [4.69, 9.17) is 17.2 Å². The molecule has 0 aromatic carbocycles. The second-order valence-corrected chi connectivity index (χ2v) is 4.12. The smallest absolute Gasteiger partial charge is 0.332 e. The summed E-state index contributed by atoms with van der Waals surface area (Å²) in [6, 6.07) is 0.692. The lowest BCUT2D eigenvalue weighted by molar-refractivity contribution is -0.140. The lowest BCUT2D eigenvalue weighted by Gasteiger charge is -2.02. The normalized spacial score (nSPS) is 12.4. The van der Waals surface area contributed by atoms with E-state index in [0.717, 1.165) is 0 Å². The van der Waals surface area contributed by atoms with Crippen molar-refractivity contribution in [3.05, 3.63) is 21.9 Å². The van der Waals surface area contributed by atoms with Gasteiger partial charge in [0.1, 0.15) is 6.04 Å². The maximum absolute atomic E-state index is 10.9. The van der Waals surface area contributed by atoms with Gasteiger partial charge in [-0.2, -0.15) is 0 Å². The van der Waals surface area contributed by atoms with E-state index < -0.39 is 17.9 Å². The quantitative estimate of drug-likeness (QED) is 0.307. The highest BCUT2D eigenvalue weighted by Gasteiger charge is 2.15. The summed E-state index contributed by atoms with van der Waals surface area (Å²) < 4.78 is 0. The van der Waals surface area contributed by atoms with Crippen LogP contribution >= 0.6 is 23.7 Å². The van der Waals surface area contributed by atoms with Gasteiger partial charge in [0.25, 0.3) is 0 Å². The summed E-state index contributed by atoms with van der Waals surface area (Å²) in [5.41, 5.74) is 16.7. The highest BCUT2D eigenvalue weighted by molar-refractivity contribution is 7.10. The lowest BCUT2D eigenvalue weighted by Crippen LogP contribution is -2.27. The van der Waals surface area contributed by atoms with Crippen LogP contribution in [0.25, 0.3) is 0 Å². The number of halogens is 1. The van der Waals surface area contributed by atoms with Gasteiger partial charge in [-0.1, -0.05) is 5.16 Å². The summed E-state index contributed by atoms with van der Waals surface area (Å²) in [4.78, 5) is 26.3. The zero-order chi connectivity index (χ0) is 13.0. The number of carbonyl (C=O) groups is 2. The van der Waals surface area contributed by atoms with Crippen LogP contribution in [0.2, 0.25) is 0 Å². The van der Waals surface area contributed by atoms with Crippen LogP contribution in [0.1, 0.15) is 23.4 Å². The fraction of sp³-hybridized carbons (Fsp3) is 0.222. The molecule has 0 fully saturated rings. The number of carbonyl (C=O) groups excluding carboxylic acids is 2. The van der Waals surface area contributed by atoms with Crippen LogP contribution in [-0.2, 0) is 14.4 Å². The Kier molecular flexibility index (Phi) is 6.31. The third kappa shape index (κ3) is 4.32. The zero-order valence-corrected chi connectivity index (χ0v) is 11.1. The number of hydrogen-bond donors (Lipinski definition) is 3. The van der Waals surface area contributed by atoms with E-state index in [2.05, 4.69) is 9.99 Å². The fourth-order valence-corrected chi connectivity index (χ4v) is 1.87. The largest absolute Gasteiger partial charge is 0.380 e. The molecule has 1 unspecified atom stereocenters. The first-order valence-corrected chi connectivity index (χ1v) is 5.44. The van der Waals surface area contributed by atoms with Gasteiger partial charge in [-0.3, -0.25) is 4.79 Å². The molecule has 0 radical (unpaired) electrons. The van der Waals surface area contributed by atoms with Crippen molar-refractivity contribution in [3.63, 3.8) is 0 Å². The number of hydrogen-bond acceptors (Lipinski definition) is 6. The Balaban J connectivity index is 0.00000289. The highest BCUT2D eigenvalue weighted by Crippen LogP contribution is 2.20. The van der Waals surface area contributed by atoms with Crippen molar-refractivity contribution in [2.24, 2.45) is 22.4 Å². The molecule has 0 saturated heterocycles. The standard InChI is InChI=1S/C9H12N4O3S.ClH/c1-4(14)16-13-8(11)5-2-6(17-3-5)7(10)9(12)15;/h2-3,7H,10H2,1H3,(H2,11,13)(H2,12,15);1H. The number of nitrogens with zero attached hydrogens (tertiary/aromatic N) is 1. The molecule has 1 atom stereocenters. The van der Waals surface area contributed by atoms with Gasteiger partial charge in [-0.05, 0) is 6.07 Å². The third-order valence-corrected chi connectivity index (χ3v) is 2.82. The van der Waals surface area contributed by atoms with E-state index in [1.807, 2.05) is 0 Å². The van der Waals surface area contributed by atoms with Crippen LogP contribution in [0.5, 0.6) is 0 Å².